The molecule has 0 spiro atoms. The molecule has 1 N–H and O–H groups in total. The molecule has 0 aliphatic rings. The standard InChI is InChI=1S/C17H26O4/c1-6-12(2)20-16(19)15(21-17(3,4)5)11-13-8-7-9-14(18)10-13/h7-10,12,15,18H,6,11H2,1-5H3. The lowest BCUT2D eigenvalue weighted by atomic mass is 10.1. The molecule has 0 heterocycles. The van der Waals surface area contributed by atoms with Gasteiger partial charge in [-0.05, 0) is 51.8 Å². The fourth-order valence-electron chi connectivity index (χ4n) is 1.85. The van der Waals surface area contributed by atoms with Crippen LogP contribution in [0.5, 0.6) is 5.75 Å². The average molecular weight is 294 g/mol. The van der Waals surface area contributed by atoms with Crippen LogP contribution >= 0.6 is 0 Å². The highest BCUT2D eigenvalue weighted by Crippen LogP contribution is 2.19. The van der Waals surface area contributed by atoms with Gasteiger partial charge in [0.05, 0.1) is 11.7 Å². The van der Waals surface area contributed by atoms with Gasteiger partial charge in [-0.25, -0.2) is 4.79 Å². The second-order valence-electron chi connectivity index (χ2n) is 6.25. The lowest BCUT2D eigenvalue weighted by Gasteiger charge is -2.27. The first-order valence-electron chi connectivity index (χ1n) is 7.37. The highest BCUT2D eigenvalue weighted by molar-refractivity contribution is 5.75. The summed E-state index contributed by atoms with van der Waals surface area (Å²) in [5, 5.41) is 9.52. The van der Waals surface area contributed by atoms with Gasteiger partial charge in [-0.1, -0.05) is 19.1 Å². The van der Waals surface area contributed by atoms with Crippen LogP contribution in [0.25, 0.3) is 0 Å². The maximum absolute atomic E-state index is 12.3. The highest BCUT2D eigenvalue weighted by Gasteiger charge is 2.28. The number of benzene rings is 1. The van der Waals surface area contributed by atoms with E-state index in [0.29, 0.717) is 6.42 Å². The normalized spacial score (nSPS) is 14.5. The van der Waals surface area contributed by atoms with Crippen molar-refractivity contribution in [1.82, 2.24) is 0 Å². The van der Waals surface area contributed by atoms with Crippen LogP contribution in [0.1, 0.15) is 46.6 Å². The van der Waals surface area contributed by atoms with Crippen LogP contribution in [-0.4, -0.2) is 28.9 Å². The number of ether oxygens (including phenoxy) is 2. The van der Waals surface area contributed by atoms with Gasteiger partial charge < -0.3 is 14.6 Å². The van der Waals surface area contributed by atoms with Crippen molar-refractivity contribution in [2.45, 2.75) is 65.3 Å². The van der Waals surface area contributed by atoms with Crippen LogP contribution in [0.4, 0.5) is 0 Å². The summed E-state index contributed by atoms with van der Waals surface area (Å²) in [6.07, 6.45) is 0.328. The number of hydrogen-bond donors (Lipinski definition) is 1. The van der Waals surface area contributed by atoms with Crippen LogP contribution in [-0.2, 0) is 20.7 Å². The van der Waals surface area contributed by atoms with Crippen LogP contribution in [0, 0.1) is 0 Å². The van der Waals surface area contributed by atoms with Gasteiger partial charge in [0.2, 0.25) is 0 Å². The molecule has 0 aromatic heterocycles. The van der Waals surface area contributed by atoms with Crippen molar-refractivity contribution >= 4 is 5.97 Å². The van der Waals surface area contributed by atoms with Gasteiger partial charge in [0.15, 0.2) is 6.10 Å². The number of carbonyl (C=O) groups excluding carboxylic acids is 1. The van der Waals surface area contributed by atoms with Crippen molar-refractivity contribution in [2.24, 2.45) is 0 Å². The predicted molar refractivity (Wildman–Crippen MR) is 82.3 cm³/mol. The Labute approximate surface area is 127 Å². The molecule has 0 fully saturated rings. The first-order valence-corrected chi connectivity index (χ1v) is 7.37. The van der Waals surface area contributed by atoms with Crippen LogP contribution < -0.4 is 0 Å². The number of rotatable bonds is 6. The Morgan fingerprint density at radius 1 is 1.33 bits per heavy atom. The Kier molecular flexibility index (Phi) is 6.21. The van der Waals surface area contributed by atoms with Crippen molar-refractivity contribution in [3.8, 4) is 5.75 Å². The molecular formula is C17H26O4. The minimum atomic E-state index is -0.680. The number of phenols is 1. The fraction of sp³-hybridized carbons (Fsp3) is 0.588. The van der Waals surface area contributed by atoms with Gasteiger partial charge in [0.1, 0.15) is 5.75 Å². The number of esters is 1. The number of hydrogen-bond acceptors (Lipinski definition) is 4. The molecule has 4 heteroatoms. The van der Waals surface area contributed by atoms with Crippen LogP contribution in [0.3, 0.4) is 0 Å². The Bertz CT molecular complexity index is 462. The molecule has 2 atom stereocenters. The monoisotopic (exact) mass is 294 g/mol. The predicted octanol–water partition coefficient (Wildman–Crippen LogP) is 3.46. The Morgan fingerprint density at radius 2 is 2.00 bits per heavy atom. The molecule has 0 bridgehead atoms. The number of aromatic hydroxyl groups is 1. The molecule has 1 aromatic rings. The largest absolute Gasteiger partial charge is 0.508 e. The molecule has 1 aromatic carbocycles. The van der Waals surface area contributed by atoms with E-state index in [4.69, 9.17) is 9.47 Å². The topological polar surface area (TPSA) is 55.8 Å². The molecule has 1 rings (SSSR count). The average Bonchev–Trinajstić information content (AvgIpc) is 2.36. The van der Waals surface area contributed by atoms with Crippen molar-refractivity contribution in [1.29, 1.82) is 0 Å². The molecule has 0 saturated heterocycles. The van der Waals surface area contributed by atoms with E-state index in [1.54, 1.807) is 18.2 Å². The van der Waals surface area contributed by atoms with E-state index >= 15 is 0 Å². The third-order valence-corrected chi connectivity index (χ3v) is 2.98. The lowest BCUT2D eigenvalue weighted by molar-refractivity contribution is -0.170. The molecule has 4 nitrogen and oxygen atoms in total. The molecule has 118 valence electrons. The smallest absolute Gasteiger partial charge is 0.335 e. The molecule has 21 heavy (non-hydrogen) atoms. The molecule has 0 saturated carbocycles. The van der Waals surface area contributed by atoms with E-state index in [1.165, 1.54) is 0 Å². The van der Waals surface area contributed by atoms with E-state index in [0.717, 1.165) is 12.0 Å². The summed E-state index contributed by atoms with van der Waals surface area (Å²) >= 11 is 0. The quantitative estimate of drug-likeness (QED) is 0.816. The first-order chi connectivity index (χ1) is 9.71. The highest BCUT2D eigenvalue weighted by atomic mass is 16.6. The third-order valence-electron chi connectivity index (χ3n) is 2.98. The Morgan fingerprint density at radius 3 is 2.52 bits per heavy atom. The zero-order valence-corrected chi connectivity index (χ0v) is 13.6. The summed E-state index contributed by atoms with van der Waals surface area (Å²) in [6, 6.07) is 6.84. The van der Waals surface area contributed by atoms with E-state index in [9.17, 15) is 9.90 Å². The Hall–Kier alpha value is -1.55. The number of carbonyl (C=O) groups is 1. The third kappa shape index (κ3) is 6.63. The molecule has 2 unspecified atom stereocenters. The zero-order chi connectivity index (χ0) is 16.0. The van der Waals surface area contributed by atoms with Gasteiger partial charge in [-0.15, -0.1) is 0 Å². The summed E-state index contributed by atoms with van der Waals surface area (Å²) in [7, 11) is 0. The summed E-state index contributed by atoms with van der Waals surface area (Å²) in [5.41, 5.74) is 0.390. The number of phenolic OH excluding ortho intramolecular Hbond substituents is 1. The van der Waals surface area contributed by atoms with Crippen LogP contribution in [0.2, 0.25) is 0 Å². The van der Waals surface area contributed by atoms with E-state index in [2.05, 4.69) is 0 Å². The summed E-state index contributed by atoms with van der Waals surface area (Å²) in [5.74, 6) is -0.181. The molecule has 0 amide bonds. The van der Waals surface area contributed by atoms with Crippen molar-refractivity contribution < 1.29 is 19.4 Å². The fourth-order valence-corrected chi connectivity index (χ4v) is 1.85. The maximum Gasteiger partial charge on any atom is 0.335 e. The van der Waals surface area contributed by atoms with E-state index < -0.39 is 11.7 Å². The van der Waals surface area contributed by atoms with Gasteiger partial charge in [-0.3, -0.25) is 0 Å². The molecule has 0 aliphatic heterocycles. The molecular weight excluding hydrogens is 268 g/mol. The first kappa shape index (κ1) is 17.5. The minimum Gasteiger partial charge on any atom is -0.508 e. The summed E-state index contributed by atoms with van der Waals surface area (Å²) < 4.78 is 11.2. The minimum absolute atomic E-state index is 0.132. The van der Waals surface area contributed by atoms with Gasteiger partial charge in [0.25, 0.3) is 0 Å². The second-order valence-corrected chi connectivity index (χ2v) is 6.25. The van der Waals surface area contributed by atoms with E-state index in [-0.39, 0.29) is 17.8 Å². The SMILES string of the molecule is CCC(C)OC(=O)C(Cc1cccc(O)c1)OC(C)(C)C. The van der Waals surface area contributed by atoms with Gasteiger partial charge >= 0.3 is 5.97 Å². The maximum atomic E-state index is 12.3. The van der Waals surface area contributed by atoms with Gasteiger partial charge in [0, 0.05) is 6.42 Å². The van der Waals surface area contributed by atoms with Crippen molar-refractivity contribution in [3.05, 3.63) is 29.8 Å². The molecule has 0 aliphatic carbocycles. The summed E-state index contributed by atoms with van der Waals surface area (Å²) in [6.45, 7) is 9.53. The zero-order valence-electron chi connectivity index (χ0n) is 13.6. The van der Waals surface area contributed by atoms with Crippen molar-refractivity contribution in [3.63, 3.8) is 0 Å². The van der Waals surface area contributed by atoms with Crippen LogP contribution in [0.15, 0.2) is 24.3 Å². The molecule has 0 radical (unpaired) electrons. The van der Waals surface area contributed by atoms with E-state index in [1.807, 2.05) is 40.7 Å². The lowest BCUT2D eigenvalue weighted by Crippen LogP contribution is -2.37. The summed E-state index contributed by atoms with van der Waals surface area (Å²) in [4.78, 5) is 12.3. The van der Waals surface area contributed by atoms with Gasteiger partial charge in [-0.2, -0.15) is 0 Å². The Balaban J connectivity index is 2.84. The second kappa shape index (κ2) is 7.46. The van der Waals surface area contributed by atoms with Crippen molar-refractivity contribution in [2.75, 3.05) is 0 Å².